The maximum Gasteiger partial charge on any atom is 0.256 e. The molecule has 0 spiro atoms. The Hall–Kier alpha value is -0.900. The highest BCUT2D eigenvalue weighted by Crippen LogP contribution is 2.24. The monoisotopic (exact) mass is 299 g/mol. The van der Waals surface area contributed by atoms with Gasteiger partial charge in [-0.05, 0) is 40.4 Å². The first-order valence-electron chi connectivity index (χ1n) is 5.86. The lowest BCUT2D eigenvalue weighted by Gasteiger charge is -2.17. The average Bonchev–Trinajstić information content (AvgIpc) is 2.80. The zero-order valence-electron chi connectivity index (χ0n) is 9.75. The van der Waals surface area contributed by atoms with E-state index in [4.69, 9.17) is 0 Å². The Kier molecular flexibility index (Phi) is 3.82. The predicted octanol–water partition coefficient (Wildman–Crippen LogP) is 3.46. The van der Waals surface area contributed by atoms with Gasteiger partial charge in [0.2, 0.25) is 0 Å². The normalized spacial score (nSPS) is 19.7. The lowest BCUT2D eigenvalue weighted by atomic mass is 10.1. The van der Waals surface area contributed by atoms with E-state index in [1.165, 1.54) is 0 Å². The number of benzene rings is 1. The zero-order valence-corrected chi connectivity index (χ0v) is 11.3. The van der Waals surface area contributed by atoms with Crippen LogP contribution in [0.3, 0.4) is 0 Å². The Balaban J connectivity index is 2.18. The molecule has 2 rings (SSSR count). The van der Waals surface area contributed by atoms with E-state index in [-0.39, 0.29) is 11.5 Å². The number of amides is 1. The van der Waals surface area contributed by atoms with Crippen molar-refractivity contribution in [2.75, 3.05) is 13.1 Å². The van der Waals surface area contributed by atoms with Crippen LogP contribution in [0, 0.1) is 11.7 Å². The summed E-state index contributed by atoms with van der Waals surface area (Å²) in [5.41, 5.74) is 0.163. The molecule has 0 aromatic heterocycles. The van der Waals surface area contributed by atoms with Crippen molar-refractivity contribution in [2.45, 2.75) is 19.8 Å². The van der Waals surface area contributed by atoms with E-state index in [1.807, 2.05) is 0 Å². The van der Waals surface area contributed by atoms with Crippen LogP contribution in [0.5, 0.6) is 0 Å². The number of likely N-dealkylation sites (tertiary alicyclic amines) is 1. The van der Waals surface area contributed by atoms with E-state index in [0.717, 1.165) is 25.9 Å². The van der Waals surface area contributed by atoms with Crippen LogP contribution >= 0.6 is 15.9 Å². The molecule has 92 valence electrons. The fraction of sp³-hybridized carbons (Fsp3) is 0.462. The van der Waals surface area contributed by atoms with Gasteiger partial charge < -0.3 is 4.90 Å². The first-order valence-corrected chi connectivity index (χ1v) is 6.66. The third kappa shape index (κ3) is 2.51. The Morgan fingerprint density at radius 3 is 3.00 bits per heavy atom. The molecule has 4 heteroatoms. The summed E-state index contributed by atoms with van der Waals surface area (Å²) >= 11 is 3.10. The summed E-state index contributed by atoms with van der Waals surface area (Å²) in [6.45, 7) is 3.61. The molecule has 0 saturated carbocycles. The van der Waals surface area contributed by atoms with Crippen molar-refractivity contribution in [3.8, 4) is 0 Å². The Labute approximate surface area is 109 Å². The molecule has 2 nitrogen and oxygen atoms in total. The lowest BCUT2D eigenvalue weighted by molar-refractivity contribution is 0.0782. The number of carbonyl (C=O) groups is 1. The number of nitrogens with zero attached hydrogens (tertiary/aromatic N) is 1. The van der Waals surface area contributed by atoms with Gasteiger partial charge >= 0.3 is 0 Å². The number of halogens is 2. The van der Waals surface area contributed by atoms with Gasteiger partial charge in [-0.15, -0.1) is 0 Å². The van der Waals surface area contributed by atoms with E-state index in [1.54, 1.807) is 23.1 Å². The third-order valence-corrected chi connectivity index (χ3v) is 3.94. The molecule has 1 fully saturated rings. The summed E-state index contributed by atoms with van der Waals surface area (Å²) in [5.74, 6) is -0.0913. The van der Waals surface area contributed by atoms with Crippen LogP contribution in [-0.4, -0.2) is 23.9 Å². The number of carbonyl (C=O) groups excluding carboxylic acids is 1. The van der Waals surface area contributed by atoms with E-state index < -0.39 is 5.82 Å². The Bertz CT molecular complexity index is 435. The van der Waals surface area contributed by atoms with E-state index >= 15 is 0 Å². The van der Waals surface area contributed by atoms with Gasteiger partial charge in [0.1, 0.15) is 5.82 Å². The topological polar surface area (TPSA) is 20.3 Å². The molecule has 0 bridgehead atoms. The SMILES string of the molecule is CCC1CCN(C(=O)c2cccc(Br)c2F)C1. The molecular weight excluding hydrogens is 285 g/mol. The average molecular weight is 300 g/mol. The molecule has 1 aliphatic rings. The molecule has 0 aliphatic carbocycles. The largest absolute Gasteiger partial charge is 0.338 e. The van der Waals surface area contributed by atoms with Crippen molar-refractivity contribution < 1.29 is 9.18 Å². The van der Waals surface area contributed by atoms with Crippen molar-refractivity contribution in [3.05, 3.63) is 34.1 Å². The second-order valence-corrected chi connectivity index (χ2v) is 5.27. The Morgan fingerprint density at radius 1 is 1.59 bits per heavy atom. The van der Waals surface area contributed by atoms with Gasteiger partial charge in [-0.25, -0.2) is 4.39 Å². The number of rotatable bonds is 2. The van der Waals surface area contributed by atoms with Gasteiger partial charge in [0.15, 0.2) is 0 Å². The summed E-state index contributed by atoms with van der Waals surface area (Å²) < 4.78 is 14.1. The minimum Gasteiger partial charge on any atom is -0.338 e. The van der Waals surface area contributed by atoms with Gasteiger partial charge in [-0.1, -0.05) is 19.4 Å². The molecule has 1 unspecified atom stereocenters. The number of hydrogen-bond donors (Lipinski definition) is 0. The highest BCUT2D eigenvalue weighted by atomic mass is 79.9. The zero-order chi connectivity index (χ0) is 12.4. The fourth-order valence-corrected chi connectivity index (χ4v) is 2.56. The molecule has 1 amide bonds. The minimum absolute atomic E-state index is 0.163. The van der Waals surface area contributed by atoms with Gasteiger partial charge in [-0.2, -0.15) is 0 Å². The fourth-order valence-electron chi connectivity index (χ4n) is 2.19. The van der Waals surface area contributed by atoms with Gasteiger partial charge in [-0.3, -0.25) is 4.79 Å². The van der Waals surface area contributed by atoms with E-state index in [2.05, 4.69) is 22.9 Å². The van der Waals surface area contributed by atoms with Gasteiger partial charge in [0, 0.05) is 13.1 Å². The third-order valence-electron chi connectivity index (χ3n) is 3.33. The first-order chi connectivity index (χ1) is 8.13. The number of hydrogen-bond acceptors (Lipinski definition) is 1. The van der Waals surface area contributed by atoms with Gasteiger partial charge in [0.05, 0.1) is 10.0 Å². The summed E-state index contributed by atoms with van der Waals surface area (Å²) in [5, 5.41) is 0. The van der Waals surface area contributed by atoms with Crippen molar-refractivity contribution in [1.29, 1.82) is 0 Å². The summed E-state index contributed by atoms with van der Waals surface area (Å²) in [7, 11) is 0. The lowest BCUT2D eigenvalue weighted by Crippen LogP contribution is -2.29. The van der Waals surface area contributed by atoms with Crippen molar-refractivity contribution in [1.82, 2.24) is 4.90 Å². The molecule has 1 aliphatic heterocycles. The van der Waals surface area contributed by atoms with Crippen LogP contribution in [-0.2, 0) is 0 Å². The van der Waals surface area contributed by atoms with E-state index in [9.17, 15) is 9.18 Å². The van der Waals surface area contributed by atoms with Crippen LogP contribution in [0.2, 0.25) is 0 Å². The summed E-state index contributed by atoms with van der Waals surface area (Å²) in [6, 6.07) is 4.83. The van der Waals surface area contributed by atoms with E-state index in [0.29, 0.717) is 10.4 Å². The molecule has 1 aromatic rings. The molecule has 1 atom stereocenters. The highest BCUT2D eigenvalue weighted by molar-refractivity contribution is 9.10. The summed E-state index contributed by atoms with van der Waals surface area (Å²) in [6.07, 6.45) is 2.10. The molecule has 0 radical (unpaired) electrons. The molecule has 1 saturated heterocycles. The van der Waals surface area contributed by atoms with Crippen molar-refractivity contribution >= 4 is 21.8 Å². The molecule has 17 heavy (non-hydrogen) atoms. The first kappa shape index (κ1) is 12.6. The van der Waals surface area contributed by atoms with Crippen LogP contribution in [0.25, 0.3) is 0 Å². The minimum atomic E-state index is -0.461. The maximum absolute atomic E-state index is 13.8. The maximum atomic E-state index is 13.8. The molecule has 1 aromatic carbocycles. The second-order valence-electron chi connectivity index (χ2n) is 4.42. The van der Waals surface area contributed by atoms with Crippen molar-refractivity contribution in [2.24, 2.45) is 5.92 Å². The van der Waals surface area contributed by atoms with Crippen LogP contribution < -0.4 is 0 Å². The van der Waals surface area contributed by atoms with Crippen LogP contribution in [0.1, 0.15) is 30.1 Å². The second kappa shape index (κ2) is 5.17. The quantitative estimate of drug-likeness (QED) is 0.819. The molecule has 0 N–H and O–H groups in total. The summed E-state index contributed by atoms with van der Waals surface area (Å²) in [4.78, 5) is 13.9. The molecule has 1 heterocycles. The Morgan fingerprint density at radius 2 is 2.35 bits per heavy atom. The predicted molar refractivity (Wildman–Crippen MR) is 68.4 cm³/mol. The molecular formula is C13H15BrFNO. The smallest absolute Gasteiger partial charge is 0.256 e. The highest BCUT2D eigenvalue weighted by Gasteiger charge is 2.27. The van der Waals surface area contributed by atoms with Crippen LogP contribution in [0.4, 0.5) is 4.39 Å². The van der Waals surface area contributed by atoms with Crippen molar-refractivity contribution in [3.63, 3.8) is 0 Å². The standard InChI is InChI=1S/C13H15BrFNO/c1-2-9-6-7-16(8-9)13(17)10-4-3-5-11(14)12(10)15/h3-5,9H,2,6-8H2,1H3. The van der Waals surface area contributed by atoms with Crippen LogP contribution in [0.15, 0.2) is 22.7 Å². The van der Waals surface area contributed by atoms with Gasteiger partial charge in [0.25, 0.3) is 5.91 Å².